The summed E-state index contributed by atoms with van der Waals surface area (Å²) in [7, 11) is 0. The number of ether oxygens (including phenoxy) is 1. The molecule has 2 aromatic heterocycles. The average molecular weight is 340 g/mol. The first-order chi connectivity index (χ1) is 12.2. The molecule has 1 amide bonds. The third-order valence-corrected chi connectivity index (χ3v) is 5.09. The topological polar surface area (TPSA) is 60.2 Å². The molecule has 0 spiro atoms. The maximum absolute atomic E-state index is 12.8. The van der Waals surface area contributed by atoms with Crippen LogP contribution in [0.2, 0.25) is 0 Å². The molecule has 1 aliphatic heterocycles. The Morgan fingerprint density at radius 1 is 1.28 bits per heavy atom. The molecular formula is C19H24N4O2. The second-order valence-corrected chi connectivity index (χ2v) is 7.07. The minimum Gasteiger partial charge on any atom is -0.477 e. The van der Waals surface area contributed by atoms with E-state index < -0.39 is 0 Å². The summed E-state index contributed by atoms with van der Waals surface area (Å²) in [6.07, 6.45) is 10.0. The molecule has 0 radical (unpaired) electrons. The van der Waals surface area contributed by atoms with Gasteiger partial charge in [0.05, 0.1) is 18.2 Å². The molecule has 6 heteroatoms. The van der Waals surface area contributed by atoms with Crippen molar-refractivity contribution in [1.82, 2.24) is 19.4 Å². The summed E-state index contributed by atoms with van der Waals surface area (Å²) in [5, 5.41) is 0. The summed E-state index contributed by atoms with van der Waals surface area (Å²) in [5.74, 6) is 2.34. The third kappa shape index (κ3) is 3.67. The van der Waals surface area contributed by atoms with Gasteiger partial charge in [-0.15, -0.1) is 0 Å². The summed E-state index contributed by atoms with van der Waals surface area (Å²) in [4.78, 5) is 23.3. The predicted octanol–water partition coefficient (Wildman–Crippen LogP) is 2.85. The van der Waals surface area contributed by atoms with Crippen LogP contribution in [0.25, 0.3) is 0 Å². The van der Waals surface area contributed by atoms with Gasteiger partial charge in [-0.05, 0) is 44.6 Å². The number of pyridine rings is 1. The lowest BCUT2D eigenvalue weighted by atomic mass is 10.0. The highest BCUT2D eigenvalue weighted by molar-refractivity contribution is 5.94. The van der Waals surface area contributed by atoms with Crippen LogP contribution in [0.4, 0.5) is 0 Å². The van der Waals surface area contributed by atoms with E-state index >= 15 is 0 Å². The molecule has 2 aliphatic rings. The Morgan fingerprint density at radius 3 is 2.84 bits per heavy atom. The Labute approximate surface area is 147 Å². The highest BCUT2D eigenvalue weighted by Gasteiger charge is 2.26. The van der Waals surface area contributed by atoms with Crippen LogP contribution in [0.15, 0.2) is 30.7 Å². The Morgan fingerprint density at radius 2 is 2.16 bits per heavy atom. The fourth-order valence-corrected chi connectivity index (χ4v) is 3.40. The fraction of sp³-hybridized carbons (Fsp3) is 0.526. The van der Waals surface area contributed by atoms with Crippen molar-refractivity contribution in [3.8, 4) is 5.88 Å². The van der Waals surface area contributed by atoms with Gasteiger partial charge in [-0.1, -0.05) is 0 Å². The quantitative estimate of drug-likeness (QED) is 0.840. The second kappa shape index (κ2) is 6.86. The van der Waals surface area contributed by atoms with E-state index in [1.807, 2.05) is 30.3 Å². The van der Waals surface area contributed by atoms with Crippen molar-refractivity contribution in [2.45, 2.75) is 38.6 Å². The summed E-state index contributed by atoms with van der Waals surface area (Å²) < 4.78 is 7.82. The molecule has 0 aromatic carbocycles. The summed E-state index contributed by atoms with van der Waals surface area (Å²) >= 11 is 0. The van der Waals surface area contributed by atoms with Crippen molar-refractivity contribution in [1.29, 1.82) is 0 Å². The van der Waals surface area contributed by atoms with Crippen LogP contribution in [0.3, 0.4) is 0 Å². The normalized spacial score (nSPS) is 20.5. The summed E-state index contributed by atoms with van der Waals surface area (Å²) in [6, 6.07) is 3.93. The summed E-state index contributed by atoms with van der Waals surface area (Å²) in [6.45, 7) is 4.25. The Kier molecular flexibility index (Phi) is 4.42. The van der Waals surface area contributed by atoms with Crippen molar-refractivity contribution < 1.29 is 9.53 Å². The first-order valence-electron chi connectivity index (χ1n) is 9.08. The van der Waals surface area contributed by atoms with E-state index in [4.69, 9.17) is 4.74 Å². The van der Waals surface area contributed by atoms with Gasteiger partial charge in [0.15, 0.2) is 0 Å². The van der Waals surface area contributed by atoms with E-state index in [-0.39, 0.29) is 5.91 Å². The van der Waals surface area contributed by atoms with E-state index in [0.717, 1.165) is 38.4 Å². The van der Waals surface area contributed by atoms with Gasteiger partial charge in [0.1, 0.15) is 5.82 Å². The number of hydrogen-bond donors (Lipinski definition) is 0. The Bertz CT molecular complexity index is 736. The molecule has 3 heterocycles. The molecule has 0 N–H and O–H groups in total. The number of hydrogen-bond acceptors (Lipinski definition) is 4. The maximum Gasteiger partial charge on any atom is 0.255 e. The van der Waals surface area contributed by atoms with E-state index in [1.165, 1.54) is 12.8 Å². The van der Waals surface area contributed by atoms with Crippen LogP contribution in [-0.2, 0) is 0 Å². The van der Waals surface area contributed by atoms with Gasteiger partial charge in [0, 0.05) is 37.7 Å². The van der Waals surface area contributed by atoms with Crippen LogP contribution in [-0.4, -0.2) is 45.0 Å². The number of nitrogens with zero attached hydrogens (tertiary/aromatic N) is 4. The standard InChI is InChI=1S/C19H24N4O2/c1-14-20-8-10-23(14)17-3-2-9-22(12-17)19(24)16-6-7-18(21-11-16)25-13-15-4-5-15/h6-8,10-11,15,17H,2-5,9,12-13H2,1H3/t17-/m0/s1. The zero-order valence-corrected chi connectivity index (χ0v) is 14.6. The van der Waals surface area contributed by atoms with E-state index in [1.54, 1.807) is 12.3 Å². The summed E-state index contributed by atoms with van der Waals surface area (Å²) in [5.41, 5.74) is 0.627. The number of imidazole rings is 1. The smallest absolute Gasteiger partial charge is 0.255 e. The molecule has 4 rings (SSSR count). The van der Waals surface area contributed by atoms with Crippen LogP contribution < -0.4 is 4.74 Å². The highest BCUT2D eigenvalue weighted by atomic mass is 16.5. The van der Waals surface area contributed by atoms with Gasteiger partial charge in [-0.2, -0.15) is 0 Å². The molecule has 1 atom stereocenters. The minimum atomic E-state index is 0.0451. The average Bonchev–Trinajstić information content (AvgIpc) is 3.39. The Balaban J connectivity index is 1.40. The number of aromatic nitrogens is 3. The SMILES string of the molecule is Cc1nccn1[C@H]1CCCN(C(=O)c2ccc(OCC3CC3)nc2)C1. The molecule has 1 saturated carbocycles. The molecule has 6 nitrogen and oxygen atoms in total. The van der Waals surface area contributed by atoms with Crippen molar-refractivity contribution in [2.24, 2.45) is 5.92 Å². The lowest BCUT2D eigenvalue weighted by molar-refractivity contribution is 0.0677. The molecule has 25 heavy (non-hydrogen) atoms. The number of rotatable bonds is 5. The maximum atomic E-state index is 12.8. The predicted molar refractivity (Wildman–Crippen MR) is 93.6 cm³/mol. The number of amides is 1. The molecular weight excluding hydrogens is 316 g/mol. The van der Waals surface area contributed by atoms with E-state index in [0.29, 0.717) is 23.4 Å². The van der Waals surface area contributed by atoms with Crippen LogP contribution >= 0.6 is 0 Å². The van der Waals surface area contributed by atoms with Crippen LogP contribution in [0, 0.1) is 12.8 Å². The molecule has 2 aromatic rings. The van der Waals surface area contributed by atoms with Gasteiger partial charge < -0.3 is 14.2 Å². The number of piperidine rings is 1. The molecule has 2 fully saturated rings. The first-order valence-corrected chi connectivity index (χ1v) is 9.08. The van der Waals surface area contributed by atoms with Crippen molar-refractivity contribution in [3.05, 3.63) is 42.1 Å². The zero-order chi connectivity index (χ0) is 17.2. The highest BCUT2D eigenvalue weighted by Crippen LogP contribution is 2.29. The first kappa shape index (κ1) is 16.1. The zero-order valence-electron chi connectivity index (χ0n) is 14.6. The minimum absolute atomic E-state index is 0.0451. The largest absolute Gasteiger partial charge is 0.477 e. The van der Waals surface area contributed by atoms with Crippen LogP contribution in [0.5, 0.6) is 5.88 Å². The van der Waals surface area contributed by atoms with Crippen molar-refractivity contribution in [2.75, 3.05) is 19.7 Å². The monoisotopic (exact) mass is 340 g/mol. The van der Waals surface area contributed by atoms with Gasteiger partial charge in [-0.3, -0.25) is 4.79 Å². The number of carbonyl (C=O) groups excluding carboxylic acids is 1. The fourth-order valence-electron chi connectivity index (χ4n) is 3.40. The van der Waals surface area contributed by atoms with Gasteiger partial charge in [-0.25, -0.2) is 9.97 Å². The molecule has 1 aliphatic carbocycles. The Hall–Kier alpha value is -2.37. The second-order valence-electron chi connectivity index (χ2n) is 7.07. The lowest BCUT2D eigenvalue weighted by Gasteiger charge is -2.34. The van der Waals surface area contributed by atoms with E-state index in [2.05, 4.69) is 14.5 Å². The molecule has 0 unspecified atom stereocenters. The number of likely N-dealkylation sites (tertiary alicyclic amines) is 1. The lowest BCUT2D eigenvalue weighted by Crippen LogP contribution is -2.40. The molecule has 132 valence electrons. The molecule has 1 saturated heterocycles. The number of carbonyl (C=O) groups is 1. The van der Waals surface area contributed by atoms with Gasteiger partial charge in [0.2, 0.25) is 5.88 Å². The van der Waals surface area contributed by atoms with Gasteiger partial charge in [0.25, 0.3) is 5.91 Å². The third-order valence-electron chi connectivity index (χ3n) is 5.09. The van der Waals surface area contributed by atoms with E-state index in [9.17, 15) is 4.79 Å². The van der Waals surface area contributed by atoms with Crippen LogP contribution in [0.1, 0.15) is 47.9 Å². The van der Waals surface area contributed by atoms with Crippen molar-refractivity contribution in [3.63, 3.8) is 0 Å². The van der Waals surface area contributed by atoms with Gasteiger partial charge >= 0.3 is 0 Å². The number of aryl methyl sites for hydroxylation is 1. The van der Waals surface area contributed by atoms with Crippen molar-refractivity contribution >= 4 is 5.91 Å². The molecule has 0 bridgehead atoms.